The Morgan fingerprint density at radius 1 is 0.879 bits per heavy atom. The third kappa shape index (κ3) is 6.76. The molecule has 2 fully saturated rings. The Bertz CT molecular complexity index is 1020. The minimum Gasteiger partial charge on any atom is -0.353 e. The second-order valence-corrected chi connectivity index (χ2v) is 10.8. The first-order chi connectivity index (χ1) is 16.0. The van der Waals surface area contributed by atoms with Gasteiger partial charge < -0.3 is 5.32 Å². The molecule has 2 aliphatic heterocycles. The van der Waals surface area contributed by atoms with Crippen molar-refractivity contribution in [3.63, 3.8) is 0 Å². The van der Waals surface area contributed by atoms with Crippen molar-refractivity contribution >= 4 is 22.0 Å². The van der Waals surface area contributed by atoms with E-state index in [1.807, 2.05) is 36.4 Å². The second-order valence-electron chi connectivity index (χ2n) is 8.98. The molecule has 176 valence electrons. The maximum atomic E-state index is 12.8. The number of carbonyl (C=O) groups is 1. The van der Waals surface area contributed by atoms with Crippen molar-refractivity contribution in [3.8, 4) is 0 Å². The number of hydrogen-bond donors (Lipinski definition) is 1. The lowest BCUT2D eigenvalue weighted by Crippen LogP contribution is -2.48. The van der Waals surface area contributed by atoms with Gasteiger partial charge in [0, 0.05) is 50.1 Å². The van der Waals surface area contributed by atoms with Crippen molar-refractivity contribution in [1.82, 2.24) is 14.5 Å². The van der Waals surface area contributed by atoms with Crippen LogP contribution in [0.4, 0.5) is 0 Å². The summed E-state index contributed by atoms with van der Waals surface area (Å²) in [6, 6.07) is 20.1. The zero-order valence-electron chi connectivity index (χ0n) is 19.0. The Morgan fingerprint density at radius 3 is 2.12 bits per heavy atom. The number of benzene rings is 2. The van der Waals surface area contributed by atoms with Gasteiger partial charge in [-0.25, -0.2) is 8.42 Å². The quantitative estimate of drug-likeness (QED) is 0.677. The van der Waals surface area contributed by atoms with Crippen LogP contribution in [-0.4, -0.2) is 55.8 Å². The number of nitrogens with zero attached hydrogens (tertiary/aromatic N) is 2. The third-order valence-electron chi connectivity index (χ3n) is 6.60. The van der Waals surface area contributed by atoms with Gasteiger partial charge in [-0.1, -0.05) is 60.7 Å². The summed E-state index contributed by atoms with van der Waals surface area (Å²) < 4.78 is 26.8. The number of nitrogens with one attached hydrogen (secondary N) is 1. The first-order valence-electron chi connectivity index (χ1n) is 11.8. The Balaban J connectivity index is 1.20. The van der Waals surface area contributed by atoms with E-state index in [9.17, 15) is 13.2 Å². The fourth-order valence-corrected chi connectivity index (χ4v) is 5.80. The molecule has 1 N–H and O–H groups in total. The summed E-state index contributed by atoms with van der Waals surface area (Å²) in [5.41, 5.74) is 2.17. The summed E-state index contributed by atoms with van der Waals surface area (Å²) in [6.45, 7) is 3.67. The predicted octanol–water partition coefficient (Wildman–Crippen LogP) is 3.48. The van der Waals surface area contributed by atoms with Crippen molar-refractivity contribution in [2.75, 3.05) is 26.2 Å². The highest BCUT2D eigenvalue weighted by molar-refractivity contribution is 7.92. The number of rotatable bonds is 7. The van der Waals surface area contributed by atoms with E-state index in [1.165, 1.54) is 15.3 Å². The number of piperidine rings is 2. The van der Waals surface area contributed by atoms with Gasteiger partial charge in [-0.15, -0.1) is 0 Å². The van der Waals surface area contributed by atoms with E-state index in [-0.39, 0.29) is 17.9 Å². The molecule has 0 radical (unpaired) electrons. The number of likely N-dealkylation sites (tertiary alicyclic amines) is 1. The first-order valence-corrected chi connectivity index (χ1v) is 13.3. The van der Waals surface area contributed by atoms with Gasteiger partial charge in [-0.2, -0.15) is 4.31 Å². The smallest absolute Gasteiger partial charge is 0.236 e. The van der Waals surface area contributed by atoms with Crippen molar-refractivity contribution in [3.05, 3.63) is 77.2 Å². The van der Waals surface area contributed by atoms with Gasteiger partial charge in [0.05, 0.1) is 0 Å². The lowest BCUT2D eigenvalue weighted by Gasteiger charge is -2.34. The Hall–Kier alpha value is -2.48. The molecule has 0 saturated carbocycles. The van der Waals surface area contributed by atoms with E-state index in [0.29, 0.717) is 25.9 Å². The fraction of sp³-hybridized carbons (Fsp3) is 0.423. The van der Waals surface area contributed by atoms with Crippen LogP contribution < -0.4 is 5.32 Å². The summed E-state index contributed by atoms with van der Waals surface area (Å²) in [7, 11) is -3.47. The number of hydrogen-bond acceptors (Lipinski definition) is 4. The maximum absolute atomic E-state index is 12.8. The molecule has 2 saturated heterocycles. The topological polar surface area (TPSA) is 69.7 Å². The molecule has 7 heteroatoms. The number of sulfonamides is 1. The standard InChI is InChI=1S/C26H33N3O3S/c30-26(27-25-13-16-28(17-14-25)21-23-9-5-2-6-10-23)24-11-18-29(19-12-24)33(31,32)20-15-22-7-3-1-4-8-22/h1-10,15,20,24-25H,11-14,16-19,21H2,(H,27,30)/b20-15+. The lowest BCUT2D eigenvalue weighted by atomic mass is 9.95. The second kappa shape index (κ2) is 11.1. The normalized spacial score (nSPS) is 19.6. The summed E-state index contributed by atoms with van der Waals surface area (Å²) >= 11 is 0. The number of carbonyl (C=O) groups excluding carboxylic acids is 1. The molecule has 1 amide bonds. The van der Waals surface area contributed by atoms with Gasteiger partial charge in [0.15, 0.2) is 0 Å². The minimum absolute atomic E-state index is 0.0772. The molecule has 2 aromatic carbocycles. The highest BCUT2D eigenvalue weighted by atomic mass is 32.2. The van der Waals surface area contributed by atoms with Crippen LogP contribution in [0, 0.1) is 5.92 Å². The molecule has 6 nitrogen and oxygen atoms in total. The highest BCUT2D eigenvalue weighted by Crippen LogP contribution is 2.22. The fourth-order valence-electron chi connectivity index (χ4n) is 4.58. The Morgan fingerprint density at radius 2 is 1.48 bits per heavy atom. The van der Waals surface area contributed by atoms with E-state index in [1.54, 1.807) is 6.08 Å². The molecule has 2 heterocycles. The maximum Gasteiger partial charge on any atom is 0.236 e. The SMILES string of the molecule is O=C(NC1CCN(Cc2ccccc2)CC1)C1CCN(S(=O)(=O)/C=C/c2ccccc2)CC1. The molecule has 0 unspecified atom stereocenters. The average molecular weight is 468 g/mol. The monoisotopic (exact) mass is 467 g/mol. The van der Waals surface area contributed by atoms with Crippen LogP contribution in [0.25, 0.3) is 6.08 Å². The van der Waals surface area contributed by atoms with Crippen LogP contribution in [0.5, 0.6) is 0 Å². The van der Waals surface area contributed by atoms with Crippen molar-refractivity contribution in [2.45, 2.75) is 38.3 Å². The van der Waals surface area contributed by atoms with Crippen LogP contribution in [0.1, 0.15) is 36.8 Å². The van der Waals surface area contributed by atoms with Gasteiger partial charge in [0.2, 0.25) is 15.9 Å². The van der Waals surface area contributed by atoms with E-state index in [4.69, 9.17) is 0 Å². The van der Waals surface area contributed by atoms with Crippen LogP contribution in [0.2, 0.25) is 0 Å². The van der Waals surface area contributed by atoms with Crippen LogP contribution in [0.3, 0.4) is 0 Å². The summed E-state index contributed by atoms with van der Waals surface area (Å²) in [6.07, 6.45) is 4.67. The van der Waals surface area contributed by atoms with Gasteiger partial charge >= 0.3 is 0 Å². The summed E-state index contributed by atoms with van der Waals surface area (Å²) in [4.78, 5) is 15.2. The molecular weight excluding hydrogens is 434 g/mol. The molecule has 0 spiro atoms. The number of amides is 1. The van der Waals surface area contributed by atoms with E-state index >= 15 is 0 Å². The Labute approximate surface area is 197 Å². The molecule has 0 atom stereocenters. The van der Waals surface area contributed by atoms with Gasteiger partial charge in [0.1, 0.15) is 0 Å². The molecule has 33 heavy (non-hydrogen) atoms. The molecule has 4 rings (SSSR count). The van der Waals surface area contributed by atoms with Gasteiger partial charge in [-0.3, -0.25) is 9.69 Å². The highest BCUT2D eigenvalue weighted by Gasteiger charge is 2.31. The van der Waals surface area contributed by atoms with Crippen LogP contribution in [0.15, 0.2) is 66.1 Å². The molecule has 0 bridgehead atoms. The first kappa shape index (κ1) is 23.7. The predicted molar refractivity (Wildman–Crippen MR) is 132 cm³/mol. The Kier molecular flexibility index (Phi) is 7.96. The molecular formula is C26H33N3O3S. The van der Waals surface area contributed by atoms with Gasteiger partial charge in [0.25, 0.3) is 0 Å². The lowest BCUT2D eigenvalue weighted by molar-refractivity contribution is -0.127. The zero-order chi connectivity index (χ0) is 23.1. The molecule has 0 aromatic heterocycles. The van der Waals surface area contributed by atoms with E-state index in [0.717, 1.165) is 38.0 Å². The van der Waals surface area contributed by atoms with Crippen molar-refractivity contribution < 1.29 is 13.2 Å². The van der Waals surface area contributed by atoms with Crippen molar-refractivity contribution in [1.29, 1.82) is 0 Å². The minimum atomic E-state index is -3.47. The van der Waals surface area contributed by atoms with Crippen molar-refractivity contribution in [2.24, 2.45) is 5.92 Å². The van der Waals surface area contributed by atoms with E-state index in [2.05, 4.69) is 34.5 Å². The summed E-state index contributed by atoms with van der Waals surface area (Å²) in [5.74, 6) is -0.0368. The van der Waals surface area contributed by atoms with Crippen LogP contribution in [-0.2, 0) is 21.4 Å². The van der Waals surface area contributed by atoms with E-state index < -0.39 is 10.0 Å². The van der Waals surface area contributed by atoms with Crippen LogP contribution >= 0.6 is 0 Å². The summed E-state index contributed by atoms with van der Waals surface area (Å²) in [5, 5.41) is 4.50. The van der Waals surface area contributed by atoms with Gasteiger partial charge in [-0.05, 0) is 42.9 Å². The molecule has 2 aromatic rings. The molecule has 2 aliphatic rings. The third-order valence-corrected chi connectivity index (χ3v) is 8.16. The zero-order valence-corrected chi connectivity index (χ0v) is 19.8. The average Bonchev–Trinajstić information content (AvgIpc) is 2.85. The largest absolute Gasteiger partial charge is 0.353 e. The molecule has 0 aliphatic carbocycles.